The number of hydrogen-bond acceptors (Lipinski definition) is 6. The Balaban J connectivity index is 1.41. The first kappa shape index (κ1) is 22.3. The van der Waals surface area contributed by atoms with Gasteiger partial charge in [0.2, 0.25) is 0 Å². The van der Waals surface area contributed by atoms with E-state index in [1.165, 1.54) is 0 Å². The highest BCUT2D eigenvalue weighted by atomic mass is 16.5. The zero-order valence-corrected chi connectivity index (χ0v) is 18.8. The largest absolute Gasteiger partial charge is 0.390 e. The topological polar surface area (TPSA) is 84.7 Å². The lowest BCUT2D eigenvalue weighted by molar-refractivity contribution is 0.0170. The van der Waals surface area contributed by atoms with Gasteiger partial charge in [0.15, 0.2) is 0 Å². The summed E-state index contributed by atoms with van der Waals surface area (Å²) in [5.74, 6) is 0.844. The number of aromatic nitrogens is 2. The summed E-state index contributed by atoms with van der Waals surface area (Å²) in [6.07, 6.45) is 4.02. The van der Waals surface area contributed by atoms with Gasteiger partial charge in [-0.3, -0.25) is 9.97 Å². The van der Waals surface area contributed by atoms with Crippen molar-refractivity contribution in [3.8, 4) is 0 Å². The van der Waals surface area contributed by atoms with Gasteiger partial charge in [0, 0.05) is 48.0 Å². The molecule has 168 valence electrons. The average Bonchev–Trinajstić information content (AvgIpc) is 3.44. The predicted octanol–water partition coefficient (Wildman–Crippen LogP) is 3.77. The van der Waals surface area contributed by atoms with Crippen LogP contribution in [-0.4, -0.2) is 46.1 Å². The second kappa shape index (κ2) is 9.33. The molecule has 0 saturated carbocycles. The lowest BCUT2D eigenvalue weighted by Crippen LogP contribution is -2.26. The van der Waals surface area contributed by atoms with Crippen LogP contribution in [0, 0.1) is 0 Å². The molecule has 2 fully saturated rings. The van der Waals surface area contributed by atoms with E-state index >= 15 is 0 Å². The van der Waals surface area contributed by atoms with Crippen LogP contribution in [-0.2, 0) is 21.7 Å². The highest BCUT2D eigenvalue weighted by molar-refractivity contribution is 5.29. The summed E-state index contributed by atoms with van der Waals surface area (Å²) in [5.41, 5.74) is 3.64. The first-order valence-corrected chi connectivity index (χ1v) is 11.4. The van der Waals surface area contributed by atoms with Gasteiger partial charge in [-0.15, -0.1) is 0 Å². The van der Waals surface area contributed by atoms with Gasteiger partial charge in [0.25, 0.3) is 0 Å². The molecule has 4 heterocycles. The van der Waals surface area contributed by atoms with Crippen LogP contribution in [0.3, 0.4) is 0 Å². The van der Waals surface area contributed by atoms with Crippen LogP contribution in [0.2, 0.25) is 0 Å². The minimum atomic E-state index is -0.997. The van der Waals surface area contributed by atoms with Crippen LogP contribution in [0.25, 0.3) is 0 Å². The summed E-state index contributed by atoms with van der Waals surface area (Å²) in [6.45, 7) is 8.03. The van der Waals surface area contributed by atoms with E-state index in [4.69, 9.17) is 14.5 Å². The second-order valence-electron chi connectivity index (χ2n) is 9.42. The highest BCUT2D eigenvalue weighted by Crippen LogP contribution is 2.38. The number of ether oxygens (including phenoxy) is 2. The fourth-order valence-electron chi connectivity index (χ4n) is 4.72. The quantitative estimate of drug-likeness (QED) is 0.701. The number of nitrogens with zero attached hydrogens (tertiary/aromatic N) is 2. The van der Waals surface area contributed by atoms with Crippen LogP contribution in [0.5, 0.6) is 0 Å². The van der Waals surface area contributed by atoms with E-state index in [1.54, 1.807) is 6.20 Å². The van der Waals surface area contributed by atoms with Gasteiger partial charge in [0.05, 0.1) is 31.6 Å². The van der Waals surface area contributed by atoms with Gasteiger partial charge in [-0.1, -0.05) is 32.9 Å². The Bertz CT molecular complexity index is 880. The van der Waals surface area contributed by atoms with E-state index in [9.17, 15) is 10.2 Å². The Morgan fingerprint density at radius 2 is 1.97 bits per heavy atom. The molecule has 6 heteroatoms. The Kier molecular flexibility index (Phi) is 6.72. The molecule has 4 atom stereocenters. The van der Waals surface area contributed by atoms with E-state index in [0.717, 1.165) is 47.7 Å². The standard InChI is InChI=1S/C25H34N2O4/c1-16(2)22-6-4-19(12-26-22)25(29)11-20(31-15-25)10-17(3)23-7-5-21(24(13-28)27-23)18-8-9-30-14-18/h4-7,12,16-18,20,28-29H,8-11,13-15H2,1-3H3/t17?,18?,20?,25-/m0/s1. The smallest absolute Gasteiger partial charge is 0.117 e. The van der Waals surface area contributed by atoms with Crippen molar-refractivity contribution in [2.24, 2.45) is 0 Å². The first-order chi connectivity index (χ1) is 14.9. The van der Waals surface area contributed by atoms with E-state index in [2.05, 4.69) is 37.9 Å². The fourth-order valence-corrected chi connectivity index (χ4v) is 4.72. The maximum Gasteiger partial charge on any atom is 0.117 e. The summed E-state index contributed by atoms with van der Waals surface area (Å²) in [7, 11) is 0. The van der Waals surface area contributed by atoms with Gasteiger partial charge < -0.3 is 19.7 Å². The molecule has 0 aliphatic carbocycles. The molecule has 0 spiro atoms. The third-order valence-corrected chi connectivity index (χ3v) is 6.71. The van der Waals surface area contributed by atoms with Crippen LogP contribution in [0.1, 0.15) is 86.0 Å². The summed E-state index contributed by atoms with van der Waals surface area (Å²) in [6, 6.07) is 8.12. The van der Waals surface area contributed by atoms with E-state index in [-0.39, 0.29) is 25.2 Å². The van der Waals surface area contributed by atoms with Crippen molar-refractivity contribution < 1.29 is 19.7 Å². The molecule has 2 aliphatic rings. The van der Waals surface area contributed by atoms with Crippen molar-refractivity contribution in [2.45, 2.75) is 76.1 Å². The molecule has 2 aliphatic heterocycles. The van der Waals surface area contributed by atoms with Crippen LogP contribution in [0.15, 0.2) is 30.5 Å². The third kappa shape index (κ3) is 4.82. The van der Waals surface area contributed by atoms with Crippen LogP contribution in [0.4, 0.5) is 0 Å². The molecule has 2 saturated heterocycles. The van der Waals surface area contributed by atoms with Crippen molar-refractivity contribution >= 4 is 0 Å². The van der Waals surface area contributed by atoms with Gasteiger partial charge in [-0.05, 0) is 36.5 Å². The first-order valence-electron chi connectivity index (χ1n) is 11.4. The van der Waals surface area contributed by atoms with Crippen molar-refractivity contribution in [1.29, 1.82) is 0 Å². The van der Waals surface area contributed by atoms with Crippen molar-refractivity contribution in [3.05, 3.63) is 58.7 Å². The maximum atomic E-state index is 11.2. The molecule has 3 unspecified atom stereocenters. The zero-order chi connectivity index (χ0) is 22.0. The normalized spacial score (nSPS) is 27.2. The van der Waals surface area contributed by atoms with Gasteiger partial charge in [-0.2, -0.15) is 0 Å². The molecule has 0 bridgehead atoms. The minimum Gasteiger partial charge on any atom is -0.390 e. The van der Waals surface area contributed by atoms with Crippen molar-refractivity contribution in [3.63, 3.8) is 0 Å². The highest BCUT2D eigenvalue weighted by Gasteiger charge is 2.40. The Morgan fingerprint density at radius 3 is 2.61 bits per heavy atom. The summed E-state index contributed by atoms with van der Waals surface area (Å²) in [4.78, 5) is 9.27. The van der Waals surface area contributed by atoms with Crippen molar-refractivity contribution in [2.75, 3.05) is 19.8 Å². The maximum absolute atomic E-state index is 11.2. The van der Waals surface area contributed by atoms with Gasteiger partial charge >= 0.3 is 0 Å². The van der Waals surface area contributed by atoms with E-state index < -0.39 is 5.60 Å². The molecular formula is C25H34N2O4. The molecule has 31 heavy (non-hydrogen) atoms. The molecule has 2 aromatic rings. The van der Waals surface area contributed by atoms with Gasteiger partial charge in [0.1, 0.15) is 5.60 Å². The van der Waals surface area contributed by atoms with Crippen LogP contribution >= 0.6 is 0 Å². The SMILES string of the molecule is CC(C)c1ccc([C@@]2(O)COC(CC(C)c3ccc(C4CCOC4)c(CO)n3)C2)cn1. The molecule has 2 aromatic heterocycles. The zero-order valence-electron chi connectivity index (χ0n) is 18.8. The Morgan fingerprint density at radius 1 is 1.16 bits per heavy atom. The molecule has 0 amide bonds. The average molecular weight is 427 g/mol. The van der Waals surface area contributed by atoms with Crippen molar-refractivity contribution in [1.82, 2.24) is 9.97 Å². The van der Waals surface area contributed by atoms with Crippen LogP contribution < -0.4 is 0 Å². The molecule has 4 rings (SSSR count). The summed E-state index contributed by atoms with van der Waals surface area (Å²) in [5, 5.41) is 21.0. The lowest BCUT2D eigenvalue weighted by Gasteiger charge is -2.22. The molecule has 2 N–H and O–H groups in total. The van der Waals surface area contributed by atoms with E-state index in [1.807, 2.05) is 12.1 Å². The number of pyridine rings is 2. The summed E-state index contributed by atoms with van der Waals surface area (Å²) >= 11 is 0. The second-order valence-corrected chi connectivity index (χ2v) is 9.42. The Labute approximate surface area is 184 Å². The predicted molar refractivity (Wildman–Crippen MR) is 118 cm³/mol. The molecule has 0 aromatic carbocycles. The monoisotopic (exact) mass is 426 g/mol. The number of rotatable bonds is 7. The molecular weight excluding hydrogens is 392 g/mol. The fraction of sp³-hybridized carbons (Fsp3) is 0.600. The van der Waals surface area contributed by atoms with E-state index in [0.29, 0.717) is 24.9 Å². The number of aliphatic hydroxyl groups is 2. The number of aliphatic hydroxyl groups excluding tert-OH is 1. The number of hydrogen-bond donors (Lipinski definition) is 2. The summed E-state index contributed by atoms with van der Waals surface area (Å²) < 4.78 is 11.5. The third-order valence-electron chi connectivity index (χ3n) is 6.71. The minimum absolute atomic E-state index is 0.0490. The Hall–Kier alpha value is -1.86. The lowest BCUT2D eigenvalue weighted by atomic mass is 9.88. The molecule has 0 radical (unpaired) electrons. The molecule has 6 nitrogen and oxygen atoms in total. The van der Waals surface area contributed by atoms with Gasteiger partial charge in [-0.25, -0.2) is 0 Å².